The SMILES string of the molecule is CC(C)(C)c1cc(C(C)(C)C)c(NC(=O)O)c(C(C)(C)C)c1. The normalized spacial score (nSPS) is 13.1. The highest BCUT2D eigenvalue weighted by Gasteiger charge is 2.29. The van der Waals surface area contributed by atoms with Gasteiger partial charge >= 0.3 is 6.09 Å². The quantitative estimate of drug-likeness (QED) is 0.702. The van der Waals surface area contributed by atoms with E-state index in [-0.39, 0.29) is 16.2 Å². The van der Waals surface area contributed by atoms with Crippen LogP contribution >= 0.6 is 0 Å². The van der Waals surface area contributed by atoms with E-state index in [1.54, 1.807) is 0 Å². The molecule has 22 heavy (non-hydrogen) atoms. The molecule has 0 aromatic heterocycles. The maximum Gasteiger partial charge on any atom is 0.409 e. The minimum absolute atomic E-state index is 0.0156. The molecule has 124 valence electrons. The zero-order valence-corrected chi connectivity index (χ0v) is 15.5. The molecule has 1 aromatic rings. The van der Waals surface area contributed by atoms with Gasteiger partial charge in [-0.25, -0.2) is 4.79 Å². The number of amides is 1. The lowest BCUT2D eigenvalue weighted by atomic mass is 9.74. The first-order valence-electron chi connectivity index (χ1n) is 7.83. The summed E-state index contributed by atoms with van der Waals surface area (Å²) in [5.41, 5.74) is 3.80. The molecule has 0 aliphatic heterocycles. The second kappa shape index (κ2) is 5.60. The number of hydrogen-bond donors (Lipinski definition) is 2. The predicted octanol–water partition coefficient (Wildman–Crippen LogP) is 5.67. The van der Waals surface area contributed by atoms with Gasteiger partial charge in [0.05, 0.1) is 5.69 Å². The summed E-state index contributed by atoms with van der Waals surface area (Å²) in [5, 5.41) is 11.9. The second-order valence-corrected chi connectivity index (χ2v) is 9.13. The first-order valence-corrected chi connectivity index (χ1v) is 7.83. The summed E-state index contributed by atoms with van der Waals surface area (Å²) >= 11 is 0. The maximum absolute atomic E-state index is 11.3. The Morgan fingerprint density at radius 2 is 1.18 bits per heavy atom. The van der Waals surface area contributed by atoms with Crippen LogP contribution < -0.4 is 5.32 Å². The molecule has 0 saturated carbocycles. The smallest absolute Gasteiger partial charge is 0.409 e. The Balaban J connectivity index is 3.81. The molecule has 0 saturated heterocycles. The van der Waals surface area contributed by atoms with Crippen LogP contribution in [0.3, 0.4) is 0 Å². The van der Waals surface area contributed by atoms with Gasteiger partial charge in [0.15, 0.2) is 0 Å². The van der Waals surface area contributed by atoms with E-state index in [9.17, 15) is 9.90 Å². The number of carbonyl (C=O) groups is 1. The highest BCUT2D eigenvalue weighted by molar-refractivity contribution is 5.86. The van der Waals surface area contributed by atoms with Gasteiger partial charge in [0, 0.05) is 0 Å². The zero-order valence-electron chi connectivity index (χ0n) is 15.5. The summed E-state index contributed by atoms with van der Waals surface area (Å²) < 4.78 is 0. The third-order valence-corrected chi connectivity index (χ3v) is 3.85. The highest BCUT2D eigenvalue weighted by atomic mass is 16.4. The molecule has 0 aliphatic carbocycles. The van der Waals surface area contributed by atoms with Gasteiger partial charge in [-0.05, 0) is 32.9 Å². The summed E-state index contributed by atoms with van der Waals surface area (Å²) in [5.74, 6) is 0. The third-order valence-electron chi connectivity index (χ3n) is 3.85. The Hall–Kier alpha value is -1.51. The largest absolute Gasteiger partial charge is 0.465 e. The maximum atomic E-state index is 11.3. The van der Waals surface area contributed by atoms with Crippen molar-refractivity contribution in [3.8, 4) is 0 Å². The van der Waals surface area contributed by atoms with Crippen LogP contribution in [-0.2, 0) is 16.2 Å². The minimum Gasteiger partial charge on any atom is -0.465 e. The van der Waals surface area contributed by atoms with Crippen molar-refractivity contribution in [2.75, 3.05) is 5.32 Å². The molecule has 1 amide bonds. The Bertz CT molecular complexity index is 532. The van der Waals surface area contributed by atoms with Crippen molar-refractivity contribution in [3.63, 3.8) is 0 Å². The average molecular weight is 305 g/mol. The third kappa shape index (κ3) is 4.25. The standard InChI is InChI=1S/C19H31NO2/c1-17(2,3)12-10-13(18(4,5)6)15(20-16(21)22)14(11-12)19(7,8)9/h10-11,20H,1-9H3,(H,21,22). The molecule has 2 N–H and O–H groups in total. The monoisotopic (exact) mass is 305 g/mol. The number of benzene rings is 1. The van der Waals surface area contributed by atoms with E-state index >= 15 is 0 Å². The van der Waals surface area contributed by atoms with E-state index in [4.69, 9.17) is 0 Å². The van der Waals surface area contributed by atoms with Crippen LogP contribution in [0.4, 0.5) is 10.5 Å². The number of carboxylic acid groups (broad SMARTS) is 1. The molecule has 1 aromatic carbocycles. The van der Waals surface area contributed by atoms with Crippen molar-refractivity contribution in [3.05, 3.63) is 28.8 Å². The van der Waals surface area contributed by atoms with E-state index < -0.39 is 6.09 Å². The lowest BCUT2D eigenvalue weighted by molar-refractivity contribution is 0.209. The molecule has 0 bridgehead atoms. The molecule has 0 spiro atoms. The van der Waals surface area contributed by atoms with Crippen LogP contribution in [0.2, 0.25) is 0 Å². The number of anilines is 1. The van der Waals surface area contributed by atoms with Gasteiger partial charge < -0.3 is 5.11 Å². The lowest BCUT2D eigenvalue weighted by Gasteiger charge is -2.33. The van der Waals surface area contributed by atoms with Crippen molar-refractivity contribution in [1.29, 1.82) is 0 Å². The van der Waals surface area contributed by atoms with Crippen LogP contribution in [-0.4, -0.2) is 11.2 Å². The van der Waals surface area contributed by atoms with Crippen molar-refractivity contribution in [2.24, 2.45) is 0 Å². The van der Waals surface area contributed by atoms with E-state index in [2.05, 4.69) is 79.8 Å². The van der Waals surface area contributed by atoms with E-state index in [1.807, 2.05) is 0 Å². The van der Waals surface area contributed by atoms with Gasteiger partial charge in [-0.15, -0.1) is 0 Å². The van der Waals surface area contributed by atoms with Crippen LogP contribution in [0.1, 0.15) is 79.0 Å². The number of nitrogens with one attached hydrogen (secondary N) is 1. The summed E-state index contributed by atoms with van der Waals surface area (Å²) in [6.07, 6.45) is -1.01. The summed E-state index contributed by atoms with van der Waals surface area (Å²) in [6.45, 7) is 19.3. The van der Waals surface area contributed by atoms with Crippen molar-refractivity contribution in [2.45, 2.75) is 78.6 Å². The van der Waals surface area contributed by atoms with Crippen molar-refractivity contribution < 1.29 is 9.90 Å². The summed E-state index contributed by atoms with van der Waals surface area (Å²) in [6, 6.07) is 4.31. The van der Waals surface area contributed by atoms with E-state index in [0.29, 0.717) is 0 Å². The Labute approximate surface area is 135 Å². The molecule has 0 heterocycles. The Morgan fingerprint density at radius 3 is 1.41 bits per heavy atom. The topological polar surface area (TPSA) is 49.3 Å². The molecule has 0 atom stereocenters. The molecular formula is C19H31NO2. The van der Waals surface area contributed by atoms with Gasteiger partial charge in [0.25, 0.3) is 0 Å². The Kier molecular flexibility index (Phi) is 4.72. The lowest BCUT2D eigenvalue weighted by Crippen LogP contribution is -2.25. The van der Waals surface area contributed by atoms with E-state index in [0.717, 1.165) is 16.8 Å². The first-order chi connectivity index (χ1) is 9.64. The van der Waals surface area contributed by atoms with Crippen LogP contribution in [0, 0.1) is 0 Å². The van der Waals surface area contributed by atoms with E-state index in [1.165, 1.54) is 5.56 Å². The highest BCUT2D eigenvalue weighted by Crippen LogP contribution is 2.41. The van der Waals surface area contributed by atoms with Gasteiger partial charge in [-0.2, -0.15) is 0 Å². The first kappa shape index (κ1) is 18.5. The predicted molar refractivity (Wildman–Crippen MR) is 94.2 cm³/mol. The van der Waals surface area contributed by atoms with Gasteiger partial charge in [0.1, 0.15) is 0 Å². The van der Waals surface area contributed by atoms with Crippen LogP contribution in [0.15, 0.2) is 12.1 Å². The zero-order chi connectivity index (χ0) is 17.5. The van der Waals surface area contributed by atoms with Gasteiger partial charge in [0.2, 0.25) is 0 Å². The fraction of sp³-hybridized carbons (Fsp3) is 0.632. The van der Waals surface area contributed by atoms with Crippen LogP contribution in [0.25, 0.3) is 0 Å². The van der Waals surface area contributed by atoms with Gasteiger partial charge in [-0.3, -0.25) is 5.32 Å². The number of rotatable bonds is 1. The number of hydrogen-bond acceptors (Lipinski definition) is 1. The molecule has 1 rings (SSSR count). The summed E-state index contributed by atoms with van der Waals surface area (Å²) in [7, 11) is 0. The average Bonchev–Trinajstić information content (AvgIpc) is 2.23. The van der Waals surface area contributed by atoms with Gasteiger partial charge in [-0.1, -0.05) is 74.4 Å². The molecule has 3 heteroatoms. The Morgan fingerprint density at radius 1 is 0.818 bits per heavy atom. The van der Waals surface area contributed by atoms with Crippen molar-refractivity contribution in [1.82, 2.24) is 0 Å². The van der Waals surface area contributed by atoms with Crippen LogP contribution in [0.5, 0.6) is 0 Å². The molecule has 0 fully saturated rings. The molecule has 3 nitrogen and oxygen atoms in total. The fourth-order valence-electron chi connectivity index (χ4n) is 2.50. The molecule has 0 aliphatic rings. The fourth-order valence-corrected chi connectivity index (χ4v) is 2.50. The summed E-state index contributed by atoms with van der Waals surface area (Å²) in [4.78, 5) is 11.3. The minimum atomic E-state index is -1.01. The molecular weight excluding hydrogens is 274 g/mol. The van der Waals surface area contributed by atoms with Crippen molar-refractivity contribution >= 4 is 11.8 Å². The molecule has 0 radical (unpaired) electrons. The molecule has 0 unspecified atom stereocenters. The second-order valence-electron chi connectivity index (χ2n) is 9.13.